The van der Waals surface area contributed by atoms with Gasteiger partial charge in [-0.2, -0.15) is 0 Å². The molecule has 22 heavy (non-hydrogen) atoms. The SMILES string of the molecule is CNC1CCN(C(=O)C2CCCN2C(=O)c2cccs2)CC1. The lowest BCUT2D eigenvalue weighted by Gasteiger charge is -2.35. The molecule has 0 radical (unpaired) electrons. The second-order valence-electron chi connectivity index (χ2n) is 6.02. The highest BCUT2D eigenvalue weighted by molar-refractivity contribution is 7.12. The number of carbonyl (C=O) groups is 2. The van der Waals surface area contributed by atoms with Gasteiger partial charge in [0.2, 0.25) is 5.91 Å². The lowest BCUT2D eigenvalue weighted by Crippen LogP contribution is -2.51. The van der Waals surface area contributed by atoms with E-state index in [9.17, 15) is 9.59 Å². The number of amides is 2. The van der Waals surface area contributed by atoms with Crippen molar-refractivity contribution in [3.8, 4) is 0 Å². The Morgan fingerprint density at radius 3 is 2.64 bits per heavy atom. The lowest BCUT2D eigenvalue weighted by molar-refractivity contribution is -0.136. The summed E-state index contributed by atoms with van der Waals surface area (Å²) in [5, 5.41) is 5.18. The maximum atomic E-state index is 12.8. The first-order valence-corrected chi connectivity index (χ1v) is 8.89. The third-order valence-electron chi connectivity index (χ3n) is 4.75. The minimum atomic E-state index is -0.263. The summed E-state index contributed by atoms with van der Waals surface area (Å²) in [6, 6.07) is 3.97. The van der Waals surface area contributed by atoms with Crippen LogP contribution in [-0.4, -0.2) is 60.4 Å². The van der Waals surface area contributed by atoms with Gasteiger partial charge in [-0.05, 0) is 44.2 Å². The first-order valence-electron chi connectivity index (χ1n) is 8.01. The van der Waals surface area contributed by atoms with Gasteiger partial charge in [-0.3, -0.25) is 9.59 Å². The molecule has 0 saturated carbocycles. The molecular weight excluding hydrogens is 298 g/mol. The van der Waals surface area contributed by atoms with Crippen molar-refractivity contribution in [3.63, 3.8) is 0 Å². The van der Waals surface area contributed by atoms with Crippen LogP contribution in [0.4, 0.5) is 0 Å². The predicted molar refractivity (Wildman–Crippen MR) is 87.0 cm³/mol. The summed E-state index contributed by atoms with van der Waals surface area (Å²) >= 11 is 1.45. The van der Waals surface area contributed by atoms with Crippen LogP contribution in [0.5, 0.6) is 0 Å². The molecule has 0 spiro atoms. The van der Waals surface area contributed by atoms with E-state index < -0.39 is 0 Å². The van der Waals surface area contributed by atoms with E-state index in [2.05, 4.69) is 5.32 Å². The molecule has 3 rings (SSSR count). The predicted octanol–water partition coefficient (Wildman–Crippen LogP) is 1.56. The van der Waals surface area contributed by atoms with E-state index in [1.54, 1.807) is 4.90 Å². The number of piperidine rings is 1. The smallest absolute Gasteiger partial charge is 0.264 e. The summed E-state index contributed by atoms with van der Waals surface area (Å²) in [7, 11) is 1.97. The summed E-state index contributed by atoms with van der Waals surface area (Å²) < 4.78 is 0. The van der Waals surface area contributed by atoms with Crippen molar-refractivity contribution in [1.29, 1.82) is 0 Å². The molecule has 5 nitrogen and oxygen atoms in total. The molecule has 1 aromatic heterocycles. The molecule has 0 bridgehead atoms. The molecule has 1 atom stereocenters. The molecule has 2 fully saturated rings. The van der Waals surface area contributed by atoms with Crippen LogP contribution in [0.15, 0.2) is 17.5 Å². The fourth-order valence-electron chi connectivity index (χ4n) is 3.41. The van der Waals surface area contributed by atoms with E-state index in [1.807, 2.05) is 29.5 Å². The average molecular weight is 321 g/mol. The number of carbonyl (C=O) groups excluding carboxylic acids is 2. The first-order chi connectivity index (χ1) is 10.7. The van der Waals surface area contributed by atoms with E-state index in [4.69, 9.17) is 0 Å². The fourth-order valence-corrected chi connectivity index (χ4v) is 4.09. The first kappa shape index (κ1) is 15.5. The van der Waals surface area contributed by atoms with Gasteiger partial charge in [0, 0.05) is 25.7 Å². The van der Waals surface area contributed by atoms with Crippen LogP contribution in [0, 0.1) is 0 Å². The Morgan fingerprint density at radius 2 is 2.00 bits per heavy atom. The van der Waals surface area contributed by atoms with Crippen molar-refractivity contribution in [2.24, 2.45) is 0 Å². The topological polar surface area (TPSA) is 52.7 Å². The van der Waals surface area contributed by atoms with Gasteiger partial charge in [0.1, 0.15) is 6.04 Å². The molecule has 2 aliphatic heterocycles. The molecule has 1 N–H and O–H groups in total. The molecule has 0 aliphatic carbocycles. The Hall–Kier alpha value is -1.40. The van der Waals surface area contributed by atoms with Crippen molar-refractivity contribution in [3.05, 3.63) is 22.4 Å². The number of hydrogen-bond donors (Lipinski definition) is 1. The Kier molecular flexibility index (Phi) is 4.78. The van der Waals surface area contributed by atoms with Crippen molar-refractivity contribution < 1.29 is 9.59 Å². The maximum absolute atomic E-state index is 12.8. The Bertz CT molecular complexity index is 524. The summed E-state index contributed by atoms with van der Waals surface area (Å²) in [4.78, 5) is 29.8. The van der Waals surface area contributed by atoms with Crippen LogP contribution in [-0.2, 0) is 4.79 Å². The third-order valence-corrected chi connectivity index (χ3v) is 5.60. The summed E-state index contributed by atoms with van der Waals surface area (Å²) in [5.74, 6) is 0.146. The quantitative estimate of drug-likeness (QED) is 0.919. The number of rotatable bonds is 3. The van der Waals surface area contributed by atoms with Crippen molar-refractivity contribution in [1.82, 2.24) is 15.1 Å². The molecular formula is C16H23N3O2S. The van der Waals surface area contributed by atoms with Crippen LogP contribution in [0.3, 0.4) is 0 Å². The summed E-state index contributed by atoms with van der Waals surface area (Å²) in [5.41, 5.74) is 0. The Balaban J connectivity index is 1.65. The molecule has 1 unspecified atom stereocenters. The van der Waals surface area contributed by atoms with E-state index >= 15 is 0 Å². The zero-order valence-electron chi connectivity index (χ0n) is 13.0. The van der Waals surface area contributed by atoms with Crippen molar-refractivity contribution >= 4 is 23.2 Å². The second-order valence-corrected chi connectivity index (χ2v) is 6.97. The minimum absolute atomic E-state index is 0.0101. The highest BCUT2D eigenvalue weighted by Crippen LogP contribution is 2.24. The molecule has 2 aliphatic rings. The number of nitrogens with zero attached hydrogens (tertiary/aromatic N) is 2. The zero-order chi connectivity index (χ0) is 15.5. The van der Waals surface area contributed by atoms with E-state index in [1.165, 1.54) is 11.3 Å². The van der Waals surface area contributed by atoms with Gasteiger partial charge in [-0.25, -0.2) is 0 Å². The van der Waals surface area contributed by atoms with Gasteiger partial charge < -0.3 is 15.1 Å². The van der Waals surface area contributed by atoms with Gasteiger partial charge in [0.15, 0.2) is 0 Å². The molecule has 120 valence electrons. The molecule has 2 saturated heterocycles. The normalized spacial score (nSPS) is 23.0. The van der Waals surface area contributed by atoms with Crippen LogP contribution < -0.4 is 5.32 Å². The van der Waals surface area contributed by atoms with Gasteiger partial charge in [0.25, 0.3) is 5.91 Å². The number of likely N-dealkylation sites (tertiary alicyclic amines) is 2. The second kappa shape index (κ2) is 6.79. The van der Waals surface area contributed by atoms with Crippen LogP contribution in [0.25, 0.3) is 0 Å². The van der Waals surface area contributed by atoms with Gasteiger partial charge >= 0.3 is 0 Å². The Morgan fingerprint density at radius 1 is 1.23 bits per heavy atom. The Labute approximate surface area is 135 Å². The van der Waals surface area contributed by atoms with E-state index in [-0.39, 0.29) is 17.9 Å². The highest BCUT2D eigenvalue weighted by Gasteiger charge is 2.37. The van der Waals surface area contributed by atoms with E-state index in [0.717, 1.165) is 43.6 Å². The van der Waals surface area contributed by atoms with Crippen molar-refractivity contribution in [2.75, 3.05) is 26.7 Å². The lowest BCUT2D eigenvalue weighted by atomic mass is 10.0. The van der Waals surface area contributed by atoms with Gasteiger partial charge in [0.05, 0.1) is 4.88 Å². The zero-order valence-corrected chi connectivity index (χ0v) is 13.8. The highest BCUT2D eigenvalue weighted by atomic mass is 32.1. The summed E-state index contributed by atoms with van der Waals surface area (Å²) in [6.45, 7) is 2.28. The van der Waals surface area contributed by atoms with Gasteiger partial charge in [-0.1, -0.05) is 6.07 Å². The van der Waals surface area contributed by atoms with Crippen LogP contribution in [0.2, 0.25) is 0 Å². The van der Waals surface area contributed by atoms with Gasteiger partial charge in [-0.15, -0.1) is 11.3 Å². The average Bonchev–Trinajstić information content (AvgIpc) is 3.25. The minimum Gasteiger partial charge on any atom is -0.341 e. The fraction of sp³-hybridized carbons (Fsp3) is 0.625. The molecule has 3 heterocycles. The van der Waals surface area contributed by atoms with Crippen LogP contribution >= 0.6 is 11.3 Å². The molecule has 2 amide bonds. The largest absolute Gasteiger partial charge is 0.341 e. The standard InChI is InChI=1S/C16H23N3O2S/c1-17-12-6-9-18(10-7-12)15(20)13-4-2-8-19(13)16(21)14-5-3-11-22-14/h3,5,11-13,17H,2,4,6-10H2,1H3. The molecule has 6 heteroatoms. The molecule has 1 aromatic rings. The third kappa shape index (κ3) is 3.03. The number of nitrogens with one attached hydrogen (secondary N) is 1. The van der Waals surface area contributed by atoms with Crippen LogP contribution in [0.1, 0.15) is 35.4 Å². The number of thiophene rings is 1. The molecule has 0 aromatic carbocycles. The van der Waals surface area contributed by atoms with E-state index in [0.29, 0.717) is 12.6 Å². The van der Waals surface area contributed by atoms with Crippen molar-refractivity contribution in [2.45, 2.75) is 37.8 Å². The summed E-state index contributed by atoms with van der Waals surface area (Å²) in [6.07, 6.45) is 3.70. The maximum Gasteiger partial charge on any atom is 0.264 e. The monoisotopic (exact) mass is 321 g/mol. The number of hydrogen-bond acceptors (Lipinski definition) is 4.